The molecule has 0 unspecified atom stereocenters. The second-order valence-corrected chi connectivity index (χ2v) is 4.92. The van der Waals surface area contributed by atoms with Crippen LogP contribution in [0.3, 0.4) is 0 Å². The van der Waals surface area contributed by atoms with Crippen molar-refractivity contribution in [2.24, 2.45) is 5.92 Å². The zero-order chi connectivity index (χ0) is 14.4. The van der Waals surface area contributed by atoms with Gasteiger partial charge in [0.05, 0.1) is 17.7 Å². The lowest BCUT2D eigenvalue weighted by Crippen LogP contribution is -2.38. The first-order valence-electron chi connectivity index (χ1n) is 6.75. The number of aliphatic hydroxyl groups is 1. The molecule has 2 rings (SSSR count). The highest BCUT2D eigenvalue weighted by atomic mass is 16.5. The highest BCUT2D eigenvalue weighted by Crippen LogP contribution is 2.18. The standard InChI is InChI=1S/C15H18N2O3/c16-9-11-2-1-3-13(8-11)15(19)17-10-14(18)12-4-6-20-7-5-12/h1-3,8,12,14,18H,4-7,10H2,(H,17,19)/t14-/m0/s1. The Morgan fingerprint density at radius 2 is 2.25 bits per heavy atom. The average molecular weight is 274 g/mol. The molecule has 20 heavy (non-hydrogen) atoms. The number of hydrogen-bond acceptors (Lipinski definition) is 4. The van der Waals surface area contributed by atoms with E-state index >= 15 is 0 Å². The highest BCUT2D eigenvalue weighted by molar-refractivity contribution is 5.94. The van der Waals surface area contributed by atoms with Crippen LogP contribution < -0.4 is 5.32 Å². The van der Waals surface area contributed by atoms with Gasteiger partial charge in [0.15, 0.2) is 0 Å². The largest absolute Gasteiger partial charge is 0.391 e. The van der Waals surface area contributed by atoms with Crippen LogP contribution in [0.4, 0.5) is 0 Å². The van der Waals surface area contributed by atoms with Crippen LogP contribution in [0.1, 0.15) is 28.8 Å². The van der Waals surface area contributed by atoms with Gasteiger partial charge in [0.1, 0.15) is 0 Å². The third-order valence-electron chi connectivity index (χ3n) is 3.54. The summed E-state index contributed by atoms with van der Waals surface area (Å²) < 4.78 is 5.24. The number of nitrogens with zero attached hydrogens (tertiary/aromatic N) is 1. The minimum absolute atomic E-state index is 0.175. The van der Waals surface area contributed by atoms with Crippen LogP contribution in [0.5, 0.6) is 0 Å². The maximum Gasteiger partial charge on any atom is 0.251 e. The van der Waals surface area contributed by atoms with E-state index in [-0.39, 0.29) is 18.4 Å². The number of carbonyl (C=O) groups is 1. The summed E-state index contributed by atoms with van der Waals surface area (Å²) in [5.41, 5.74) is 0.880. The molecule has 5 heteroatoms. The zero-order valence-electron chi connectivity index (χ0n) is 11.2. The molecule has 2 N–H and O–H groups in total. The third-order valence-corrected chi connectivity index (χ3v) is 3.54. The Balaban J connectivity index is 1.86. The minimum Gasteiger partial charge on any atom is -0.391 e. The van der Waals surface area contributed by atoms with Gasteiger partial charge < -0.3 is 15.2 Å². The van der Waals surface area contributed by atoms with E-state index in [4.69, 9.17) is 10.00 Å². The molecule has 0 saturated carbocycles. The molecule has 1 aliphatic rings. The van der Waals surface area contributed by atoms with E-state index < -0.39 is 6.10 Å². The monoisotopic (exact) mass is 274 g/mol. The van der Waals surface area contributed by atoms with Crippen molar-refractivity contribution in [1.82, 2.24) is 5.32 Å². The van der Waals surface area contributed by atoms with Gasteiger partial charge in [0, 0.05) is 25.3 Å². The lowest BCUT2D eigenvalue weighted by Gasteiger charge is -2.26. The fraction of sp³-hybridized carbons (Fsp3) is 0.467. The molecule has 1 aliphatic heterocycles. The van der Waals surface area contributed by atoms with Gasteiger partial charge in [-0.2, -0.15) is 5.26 Å². The van der Waals surface area contributed by atoms with Crippen molar-refractivity contribution in [3.05, 3.63) is 35.4 Å². The van der Waals surface area contributed by atoms with Crippen molar-refractivity contribution < 1.29 is 14.6 Å². The first kappa shape index (κ1) is 14.5. The van der Waals surface area contributed by atoms with Gasteiger partial charge in [0.25, 0.3) is 5.91 Å². The highest BCUT2D eigenvalue weighted by Gasteiger charge is 2.22. The number of nitrogens with one attached hydrogen (secondary N) is 1. The van der Waals surface area contributed by atoms with E-state index in [0.717, 1.165) is 12.8 Å². The van der Waals surface area contributed by atoms with Crippen molar-refractivity contribution in [3.63, 3.8) is 0 Å². The number of ether oxygens (including phenoxy) is 1. The van der Waals surface area contributed by atoms with Crippen LogP contribution in [-0.4, -0.2) is 36.9 Å². The fourth-order valence-corrected chi connectivity index (χ4v) is 2.30. The average Bonchev–Trinajstić information content (AvgIpc) is 2.53. The normalized spacial score (nSPS) is 17.2. The van der Waals surface area contributed by atoms with Crippen molar-refractivity contribution >= 4 is 5.91 Å². The number of hydrogen-bond donors (Lipinski definition) is 2. The second kappa shape index (κ2) is 7.04. The van der Waals surface area contributed by atoms with Crippen molar-refractivity contribution in [3.8, 4) is 6.07 Å². The Morgan fingerprint density at radius 1 is 1.50 bits per heavy atom. The number of amides is 1. The number of nitriles is 1. The Labute approximate surface area is 118 Å². The van der Waals surface area contributed by atoms with Crippen molar-refractivity contribution in [1.29, 1.82) is 5.26 Å². The quantitative estimate of drug-likeness (QED) is 0.860. The van der Waals surface area contributed by atoms with Crippen LogP contribution in [0, 0.1) is 17.2 Å². The van der Waals surface area contributed by atoms with E-state index in [2.05, 4.69) is 5.32 Å². The van der Waals surface area contributed by atoms with Crippen LogP contribution in [-0.2, 0) is 4.74 Å². The van der Waals surface area contributed by atoms with Gasteiger partial charge in [0.2, 0.25) is 0 Å². The molecular weight excluding hydrogens is 256 g/mol. The van der Waals surface area contributed by atoms with Crippen LogP contribution in [0.2, 0.25) is 0 Å². The van der Waals surface area contributed by atoms with Gasteiger partial charge in [-0.3, -0.25) is 4.79 Å². The first-order valence-corrected chi connectivity index (χ1v) is 6.75. The molecule has 0 spiro atoms. The molecule has 1 saturated heterocycles. The molecule has 1 heterocycles. The SMILES string of the molecule is N#Cc1cccc(C(=O)NC[C@H](O)C2CCOCC2)c1. The predicted molar refractivity (Wildman–Crippen MR) is 73.0 cm³/mol. The number of aliphatic hydroxyl groups excluding tert-OH is 1. The van der Waals surface area contributed by atoms with Gasteiger partial charge in [-0.15, -0.1) is 0 Å². The number of benzene rings is 1. The Bertz CT molecular complexity index is 504. The second-order valence-electron chi connectivity index (χ2n) is 4.92. The van der Waals surface area contributed by atoms with Gasteiger partial charge in [-0.1, -0.05) is 6.07 Å². The third kappa shape index (κ3) is 3.80. The zero-order valence-corrected chi connectivity index (χ0v) is 11.2. The molecule has 1 fully saturated rings. The molecule has 0 radical (unpaired) electrons. The lowest BCUT2D eigenvalue weighted by molar-refractivity contribution is 0.00873. The molecule has 0 aliphatic carbocycles. The summed E-state index contributed by atoms with van der Waals surface area (Å²) in [6.07, 6.45) is 1.09. The summed E-state index contributed by atoms with van der Waals surface area (Å²) >= 11 is 0. The maximum atomic E-state index is 11.9. The Hall–Kier alpha value is -1.90. The van der Waals surface area contributed by atoms with Crippen molar-refractivity contribution in [2.75, 3.05) is 19.8 Å². The molecule has 1 atom stereocenters. The number of carbonyl (C=O) groups excluding carboxylic acids is 1. The van der Waals surface area contributed by atoms with E-state index in [1.165, 1.54) is 6.07 Å². The Morgan fingerprint density at radius 3 is 2.95 bits per heavy atom. The summed E-state index contributed by atoms with van der Waals surface area (Å²) in [4.78, 5) is 11.9. The van der Waals surface area contributed by atoms with Crippen LogP contribution in [0.15, 0.2) is 24.3 Å². The summed E-state index contributed by atoms with van der Waals surface area (Å²) in [6, 6.07) is 8.50. The molecule has 106 valence electrons. The molecule has 1 aromatic rings. The van der Waals surface area contributed by atoms with Crippen LogP contribution in [0.25, 0.3) is 0 Å². The summed E-state index contributed by atoms with van der Waals surface area (Å²) in [6.45, 7) is 1.56. The molecular formula is C15H18N2O3. The maximum absolute atomic E-state index is 11.9. The summed E-state index contributed by atoms with van der Waals surface area (Å²) in [5.74, 6) is -0.0947. The first-order chi connectivity index (χ1) is 9.70. The van der Waals surface area contributed by atoms with E-state index in [1.54, 1.807) is 18.2 Å². The van der Waals surface area contributed by atoms with Crippen molar-refractivity contribution in [2.45, 2.75) is 18.9 Å². The molecule has 5 nitrogen and oxygen atoms in total. The minimum atomic E-state index is -0.554. The molecule has 1 amide bonds. The molecule has 1 aromatic carbocycles. The molecule has 0 bridgehead atoms. The predicted octanol–water partition coefficient (Wildman–Crippen LogP) is 1.08. The van der Waals surface area contributed by atoms with Crippen LogP contribution >= 0.6 is 0 Å². The Kier molecular flexibility index (Phi) is 5.10. The van der Waals surface area contributed by atoms with Gasteiger partial charge in [-0.05, 0) is 37.0 Å². The topological polar surface area (TPSA) is 82.4 Å². The van der Waals surface area contributed by atoms with E-state index in [1.807, 2.05) is 6.07 Å². The smallest absolute Gasteiger partial charge is 0.251 e. The fourth-order valence-electron chi connectivity index (χ4n) is 2.30. The summed E-state index contributed by atoms with van der Waals surface area (Å²) in [5, 5.41) is 21.6. The summed E-state index contributed by atoms with van der Waals surface area (Å²) in [7, 11) is 0. The van der Waals surface area contributed by atoms with E-state index in [9.17, 15) is 9.90 Å². The van der Waals surface area contributed by atoms with Gasteiger partial charge in [-0.25, -0.2) is 0 Å². The van der Waals surface area contributed by atoms with E-state index in [0.29, 0.717) is 24.3 Å². The lowest BCUT2D eigenvalue weighted by atomic mass is 9.94. The molecule has 0 aromatic heterocycles. The number of rotatable bonds is 4. The van der Waals surface area contributed by atoms with Gasteiger partial charge >= 0.3 is 0 Å².